The molecule has 0 aromatic rings. The molecule has 0 fully saturated rings. The summed E-state index contributed by atoms with van der Waals surface area (Å²) in [5.41, 5.74) is 0. The zero-order chi connectivity index (χ0) is 3.58. The molecule has 0 aliphatic rings. The SMILES string of the molecule is O=[Si](O)O.[AlH3].[AlH3]. The largest absolute Gasteiger partial charge is 0.761 e. The molecular formula is H8Al2O3Si. The van der Waals surface area contributed by atoms with Gasteiger partial charge in [0.25, 0.3) is 0 Å². The van der Waals surface area contributed by atoms with Crippen LogP contribution < -0.4 is 0 Å². The Balaban J connectivity index is -0.0000000450. The van der Waals surface area contributed by atoms with Crippen molar-refractivity contribution in [1.29, 1.82) is 0 Å². The van der Waals surface area contributed by atoms with Crippen LogP contribution in [0.1, 0.15) is 0 Å². The normalized spacial score (nSPS) is 4.00. The zero-order valence-corrected chi connectivity index (χ0v) is 2.80. The maximum Gasteiger partial charge on any atom is 0.761 e. The Morgan fingerprint density at radius 2 is 1.17 bits per heavy atom. The van der Waals surface area contributed by atoms with Gasteiger partial charge in [-0.15, -0.1) is 0 Å². The third-order valence-corrected chi connectivity index (χ3v) is 0. The van der Waals surface area contributed by atoms with Crippen molar-refractivity contribution < 1.29 is 14.1 Å². The van der Waals surface area contributed by atoms with E-state index in [-0.39, 0.29) is 34.7 Å². The highest BCUT2D eigenvalue weighted by Gasteiger charge is 1.85. The average molecular weight is 138 g/mol. The monoisotopic (exact) mass is 138 g/mol. The molecular weight excluding hydrogens is 130 g/mol. The lowest BCUT2D eigenvalue weighted by molar-refractivity contribution is 0.330. The molecule has 0 amide bonds. The van der Waals surface area contributed by atoms with Crippen LogP contribution in [0.25, 0.3) is 0 Å². The van der Waals surface area contributed by atoms with Crippen LogP contribution in [-0.4, -0.2) is 53.5 Å². The maximum absolute atomic E-state index is 8.74. The lowest BCUT2D eigenvalue weighted by atomic mass is 15.8. The lowest BCUT2D eigenvalue weighted by Gasteiger charge is -1.55. The molecule has 0 unspecified atom stereocenters. The van der Waals surface area contributed by atoms with E-state index in [0.29, 0.717) is 0 Å². The van der Waals surface area contributed by atoms with Crippen LogP contribution in [-0.2, 0) is 4.46 Å². The second-order valence-electron chi connectivity index (χ2n) is 0.283. The van der Waals surface area contributed by atoms with Crippen molar-refractivity contribution in [2.24, 2.45) is 0 Å². The average Bonchev–Trinajstić information content (AvgIpc) is 0.811. The summed E-state index contributed by atoms with van der Waals surface area (Å²) in [5, 5.41) is 0. The van der Waals surface area contributed by atoms with Crippen LogP contribution in [0.4, 0.5) is 0 Å². The molecule has 0 aromatic carbocycles. The van der Waals surface area contributed by atoms with Crippen molar-refractivity contribution in [1.82, 2.24) is 0 Å². The minimum absolute atomic E-state index is 0. The fourth-order valence-electron chi connectivity index (χ4n) is 0. The topological polar surface area (TPSA) is 57.5 Å². The van der Waals surface area contributed by atoms with Crippen LogP contribution in [0.3, 0.4) is 0 Å². The van der Waals surface area contributed by atoms with Crippen molar-refractivity contribution in [3.8, 4) is 0 Å². The molecule has 0 spiro atoms. The van der Waals surface area contributed by atoms with Crippen LogP contribution in [0, 0.1) is 0 Å². The van der Waals surface area contributed by atoms with Crippen LogP contribution in [0.15, 0.2) is 0 Å². The highest BCUT2D eigenvalue weighted by molar-refractivity contribution is 6.22. The van der Waals surface area contributed by atoms with E-state index in [4.69, 9.17) is 14.1 Å². The van der Waals surface area contributed by atoms with E-state index in [2.05, 4.69) is 0 Å². The summed E-state index contributed by atoms with van der Waals surface area (Å²) < 4.78 is 8.74. The molecule has 3 nitrogen and oxygen atoms in total. The van der Waals surface area contributed by atoms with Crippen molar-refractivity contribution >= 4 is 43.9 Å². The molecule has 0 aliphatic heterocycles. The molecule has 0 aromatic heterocycles. The number of hydrogen-bond acceptors (Lipinski definition) is 1. The number of hydrogen-bond donors (Lipinski definition) is 2. The predicted octanol–water partition coefficient (Wildman–Crippen LogP) is -3.98. The van der Waals surface area contributed by atoms with Gasteiger partial charge in [0, 0.05) is 0 Å². The third-order valence-electron chi connectivity index (χ3n) is 0. The molecule has 0 atom stereocenters. The highest BCUT2D eigenvalue weighted by atomic mass is 28.3. The third kappa shape index (κ3) is 137. The molecule has 0 radical (unpaired) electrons. The first-order valence-electron chi connectivity index (χ1n) is 0.651. The van der Waals surface area contributed by atoms with Gasteiger partial charge in [0.1, 0.15) is 0 Å². The quantitative estimate of drug-likeness (QED) is 0.336. The van der Waals surface area contributed by atoms with Gasteiger partial charge in [-0.3, -0.25) is 4.46 Å². The Morgan fingerprint density at radius 3 is 1.17 bits per heavy atom. The molecule has 0 saturated carbocycles. The minimum Gasteiger partial charge on any atom is -0.511 e. The first-order chi connectivity index (χ1) is 1.73. The summed E-state index contributed by atoms with van der Waals surface area (Å²) in [4.78, 5) is 14.3. The van der Waals surface area contributed by atoms with Crippen molar-refractivity contribution in [3.63, 3.8) is 0 Å². The van der Waals surface area contributed by atoms with Gasteiger partial charge in [0.15, 0.2) is 34.7 Å². The van der Waals surface area contributed by atoms with Crippen LogP contribution in [0.2, 0.25) is 0 Å². The fraction of sp³-hybridized carbons (Fsp3) is 0. The first kappa shape index (κ1) is 15.9. The Bertz CT molecular complexity index is 31.8. The predicted molar refractivity (Wildman–Crippen MR) is 30.8 cm³/mol. The van der Waals surface area contributed by atoms with E-state index >= 15 is 0 Å². The molecule has 0 heterocycles. The molecule has 6 heteroatoms. The van der Waals surface area contributed by atoms with Gasteiger partial charge in [-0.05, 0) is 0 Å². The van der Waals surface area contributed by atoms with Gasteiger partial charge in [-0.2, -0.15) is 0 Å². The Hall–Kier alpha value is 0.682. The summed E-state index contributed by atoms with van der Waals surface area (Å²) in [6.45, 7) is 0. The molecule has 0 rings (SSSR count). The van der Waals surface area contributed by atoms with Crippen LogP contribution >= 0.6 is 0 Å². The van der Waals surface area contributed by atoms with Crippen LogP contribution in [0.5, 0.6) is 0 Å². The highest BCUT2D eigenvalue weighted by Crippen LogP contribution is 1.27. The van der Waals surface area contributed by atoms with Gasteiger partial charge < -0.3 is 9.59 Å². The van der Waals surface area contributed by atoms with Gasteiger partial charge in [-0.25, -0.2) is 0 Å². The van der Waals surface area contributed by atoms with Gasteiger partial charge >= 0.3 is 9.17 Å². The first-order valence-corrected chi connectivity index (χ1v) is 1.95. The summed E-state index contributed by atoms with van der Waals surface area (Å²) in [6, 6.07) is 0. The zero-order valence-electron chi connectivity index (χ0n) is 1.80. The second kappa shape index (κ2) is 9.19. The Morgan fingerprint density at radius 1 is 1.17 bits per heavy atom. The van der Waals surface area contributed by atoms with E-state index in [1.54, 1.807) is 0 Å². The summed E-state index contributed by atoms with van der Waals surface area (Å²) in [7, 11) is -3.13. The second-order valence-corrected chi connectivity index (χ2v) is 0.848. The standard InChI is InChI=1S/2Al.H2O3Si.6H/c;;1-4(2)3;;;;;;/h;;1-2H;;;;;;. The lowest BCUT2D eigenvalue weighted by Crippen LogP contribution is -1.90. The summed E-state index contributed by atoms with van der Waals surface area (Å²) in [5.74, 6) is 0. The van der Waals surface area contributed by atoms with Crippen molar-refractivity contribution in [2.75, 3.05) is 0 Å². The molecule has 0 saturated heterocycles. The minimum atomic E-state index is -3.13. The molecule has 0 aliphatic carbocycles. The molecule has 6 heavy (non-hydrogen) atoms. The molecule has 2 N–H and O–H groups in total. The maximum atomic E-state index is 8.74. The van der Waals surface area contributed by atoms with Gasteiger partial charge in [0.05, 0.1) is 0 Å². The van der Waals surface area contributed by atoms with E-state index < -0.39 is 9.17 Å². The van der Waals surface area contributed by atoms with E-state index in [0.717, 1.165) is 0 Å². The van der Waals surface area contributed by atoms with Gasteiger partial charge in [0.2, 0.25) is 0 Å². The van der Waals surface area contributed by atoms with E-state index in [9.17, 15) is 0 Å². The summed E-state index contributed by atoms with van der Waals surface area (Å²) in [6.07, 6.45) is 0. The van der Waals surface area contributed by atoms with E-state index in [1.165, 1.54) is 0 Å². The Labute approximate surface area is 58.2 Å². The smallest absolute Gasteiger partial charge is 0.511 e. The van der Waals surface area contributed by atoms with Gasteiger partial charge in [-0.1, -0.05) is 0 Å². The Kier molecular flexibility index (Phi) is 24.4. The van der Waals surface area contributed by atoms with Crippen molar-refractivity contribution in [2.45, 2.75) is 0 Å². The molecule has 0 bridgehead atoms. The molecule has 36 valence electrons. The van der Waals surface area contributed by atoms with Crippen molar-refractivity contribution in [3.05, 3.63) is 0 Å². The number of rotatable bonds is 0. The van der Waals surface area contributed by atoms with E-state index in [1.807, 2.05) is 0 Å². The summed E-state index contributed by atoms with van der Waals surface area (Å²) >= 11 is 0. The fourth-order valence-corrected chi connectivity index (χ4v) is 0.